The van der Waals surface area contributed by atoms with Crippen LogP contribution in [0.1, 0.15) is 23.9 Å². The lowest BCUT2D eigenvalue weighted by atomic mass is 10.2. The fourth-order valence-corrected chi connectivity index (χ4v) is 2.48. The van der Waals surface area contributed by atoms with E-state index in [-0.39, 0.29) is 0 Å². The second-order valence-corrected chi connectivity index (χ2v) is 5.69. The molecule has 0 amide bonds. The SMILES string of the molecule is CCc1nnc(N/N=C\c2cccc(OC)c2OCc2ccccc2)n1N. The molecule has 1 aromatic heterocycles. The molecule has 8 heteroatoms. The summed E-state index contributed by atoms with van der Waals surface area (Å²) in [6.45, 7) is 2.37. The molecule has 0 aliphatic rings. The van der Waals surface area contributed by atoms with Crippen LogP contribution in [0.5, 0.6) is 11.5 Å². The van der Waals surface area contributed by atoms with Gasteiger partial charge in [-0.3, -0.25) is 0 Å². The zero-order chi connectivity index (χ0) is 19.1. The van der Waals surface area contributed by atoms with E-state index in [9.17, 15) is 0 Å². The summed E-state index contributed by atoms with van der Waals surface area (Å²) in [5.41, 5.74) is 4.62. The van der Waals surface area contributed by atoms with Crippen LogP contribution in [0, 0.1) is 0 Å². The molecule has 0 bridgehead atoms. The normalized spacial score (nSPS) is 10.9. The van der Waals surface area contributed by atoms with Crippen molar-refractivity contribution in [2.45, 2.75) is 20.0 Å². The Labute approximate surface area is 157 Å². The summed E-state index contributed by atoms with van der Waals surface area (Å²) in [6, 6.07) is 15.5. The molecule has 1 heterocycles. The molecule has 3 aromatic rings. The van der Waals surface area contributed by atoms with E-state index in [1.54, 1.807) is 13.3 Å². The average molecular weight is 366 g/mol. The molecule has 0 aliphatic carbocycles. The molecule has 0 saturated heterocycles. The first kappa shape index (κ1) is 18.2. The number of nitrogen functional groups attached to an aromatic ring is 1. The van der Waals surface area contributed by atoms with Crippen molar-refractivity contribution in [1.82, 2.24) is 14.9 Å². The van der Waals surface area contributed by atoms with Crippen LogP contribution in [-0.4, -0.2) is 28.2 Å². The minimum absolute atomic E-state index is 0.359. The van der Waals surface area contributed by atoms with Crippen molar-refractivity contribution in [2.75, 3.05) is 18.4 Å². The van der Waals surface area contributed by atoms with Gasteiger partial charge in [0, 0.05) is 12.0 Å². The number of methoxy groups -OCH3 is 1. The Morgan fingerprint density at radius 1 is 1.15 bits per heavy atom. The van der Waals surface area contributed by atoms with Crippen LogP contribution in [0.3, 0.4) is 0 Å². The van der Waals surface area contributed by atoms with E-state index in [1.165, 1.54) is 4.68 Å². The van der Waals surface area contributed by atoms with E-state index in [1.807, 2.05) is 55.5 Å². The lowest BCUT2D eigenvalue weighted by Crippen LogP contribution is -2.15. The van der Waals surface area contributed by atoms with Gasteiger partial charge in [-0.05, 0) is 17.7 Å². The summed E-state index contributed by atoms with van der Waals surface area (Å²) in [4.78, 5) is 0. The molecular weight excluding hydrogens is 344 g/mol. The van der Waals surface area contributed by atoms with Crippen LogP contribution in [0.25, 0.3) is 0 Å². The fourth-order valence-electron chi connectivity index (χ4n) is 2.48. The number of nitrogens with one attached hydrogen (secondary N) is 1. The Bertz CT molecular complexity index is 908. The highest BCUT2D eigenvalue weighted by Crippen LogP contribution is 2.30. The molecule has 2 aromatic carbocycles. The molecule has 0 fully saturated rings. The standard InChI is InChI=1S/C19H22N6O2/c1-3-17-22-24-19(25(17)20)23-21-12-15-10-7-11-16(26-2)18(15)27-13-14-8-5-4-6-9-14/h4-12H,3,13,20H2,1-2H3,(H,23,24)/b21-12-. The van der Waals surface area contributed by atoms with Gasteiger partial charge in [0.15, 0.2) is 17.3 Å². The first-order chi connectivity index (χ1) is 13.2. The number of benzene rings is 2. The number of hydrazone groups is 1. The largest absolute Gasteiger partial charge is 0.493 e. The predicted molar refractivity (Wildman–Crippen MR) is 105 cm³/mol. The number of anilines is 1. The Morgan fingerprint density at radius 3 is 2.67 bits per heavy atom. The number of aromatic nitrogens is 3. The van der Waals surface area contributed by atoms with Gasteiger partial charge < -0.3 is 15.3 Å². The number of nitrogens with zero attached hydrogens (tertiary/aromatic N) is 4. The first-order valence-corrected chi connectivity index (χ1v) is 8.55. The van der Waals surface area contributed by atoms with Gasteiger partial charge in [-0.1, -0.05) is 43.3 Å². The van der Waals surface area contributed by atoms with Crippen LogP contribution in [0.15, 0.2) is 53.6 Å². The van der Waals surface area contributed by atoms with Gasteiger partial charge in [0.05, 0.1) is 13.3 Å². The summed E-state index contributed by atoms with van der Waals surface area (Å²) < 4.78 is 12.8. The molecular formula is C19H22N6O2. The highest BCUT2D eigenvalue weighted by molar-refractivity contribution is 5.85. The van der Waals surface area contributed by atoms with Crippen molar-refractivity contribution in [3.63, 3.8) is 0 Å². The lowest BCUT2D eigenvalue weighted by molar-refractivity contribution is 0.284. The number of nitrogens with two attached hydrogens (primary N) is 1. The van der Waals surface area contributed by atoms with Gasteiger partial charge in [0.2, 0.25) is 0 Å². The average Bonchev–Trinajstić information content (AvgIpc) is 3.07. The van der Waals surface area contributed by atoms with Crippen molar-refractivity contribution in [3.8, 4) is 11.5 Å². The predicted octanol–water partition coefficient (Wildman–Crippen LogP) is 2.59. The van der Waals surface area contributed by atoms with E-state index < -0.39 is 0 Å². The van der Waals surface area contributed by atoms with Gasteiger partial charge in [-0.25, -0.2) is 10.1 Å². The zero-order valence-electron chi connectivity index (χ0n) is 15.3. The molecule has 0 saturated carbocycles. The van der Waals surface area contributed by atoms with E-state index in [0.29, 0.717) is 36.3 Å². The second kappa shape index (κ2) is 8.70. The summed E-state index contributed by atoms with van der Waals surface area (Å²) in [5, 5.41) is 12.1. The van der Waals surface area contributed by atoms with E-state index in [4.69, 9.17) is 15.3 Å². The number of ether oxygens (including phenoxy) is 2. The lowest BCUT2D eigenvalue weighted by Gasteiger charge is -2.13. The molecule has 3 N–H and O–H groups in total. The Kier molecular flexibility index (Phi) is 5.88. The maximum atomic E-state index is 5.99. The van der Waals surface area contributed by atoms with Crippen molar-refractivity contribution >= 4 is 12.2 Å². The summed E-state index contributed by atoms with van der Waals surface area (Å²) >= 11 is 0. The van der Waals surface area contributed by atoms with Crippen LogP contribution < -0.4 is 20.7 Å². The number of rotatable bonds is 8. The molecule has 0 unspecified atom stereocenters. The molecule has 8 nitrogen and oxygen atoms in total. The molecule has 3 rings (SSSR count). The maximum absolute atomic E-state index is 5.99. The van der Waals surface area contributed by atoms with Gasteiger partial charge >= 0.3 is 0 Å². The number of hydrogen-bond acceptors (Lipinski definition) is 7. The number of aryl methyl sites for hydroxylation is 1. The quantitative estimate of drug-likeness (QED) is 0.361. The molecule has 0 spiro atoms. The smallest absolute Gasteiger partial charge is 0.263 e. The van der Waals surface area contributed by atoms with Crippen molar-refractivity contribution in [3.05, 3.63) is 65.5 Å². The number of hydrogen-bond donors (Lipinski definition) is 2. The fraction of sp³-hybridized carbons (Fsp3) is 0.211. The highest BCUT2D eigenvalue weighted by Gasteiger charge is 2.10. The van der Waals surface area contributed by atoms with Crippen LogP contribution in [0.2, 0.25) is 0 Å². The minimum Gasteiger partial charge on any atom is -0.493 e. The first-order valence-electron chi connectivity index (χ1n) is 8.55. The Hall–Kier alpha value is -3.55. The monoisotopic (exact) mass is 366 g/mol. The topological polar surface area (TPSA) is 99.6 Å². The summed E-state index contributed by atoms with van der Waals surface area (Å²) in [6.07, 6.45) is 2.31. The zero-order valence-corrected chi connectivity index (χ0v) is 15.3. The van der Waals surface area contributed by atoms with Crippen LogP contribution in [-0.2, 0) is 13.0 Å². The minimum atomic E-state index is 0.359. The van der Waals surface area contributed by atoms with Crippen LogP contribution in [0.4, 0.5) is 5.95 Å². The Morgan fingerprint density at radius 2 is 1.96 bits per heavy atom. The third-order valence-electron chi connectivity index (χ3n) is 3.91. The third-order valence-corrected chi connectivity index (χ3v) is 3.91. The van der Waals surface area contributed by atoms with E-state index in [2.05, 4.69) is 20.7 Å². The molecule has 0 atom stereocenters. The molecule has 27 heavy (non-hydrogen) atoms. The summed E-state index contributed by atoms with van der Waals surface area (Å²) in [5.74, 6) is 8.16. The third kappa shape index (κ3) is 4.35. The molecule has 0 radical (unpaired) electrons. The van der Waals surface area contributed by atoms with E-state index >= 15 is 0 Å². The highest BCUT2D eigenvalue weighted by atomic mass is 16.5. The van der Waals surface area contributed by atoms with E-state index in [0.717, 1.165) is 11.1 Å². The maximum Gasteiger partial charge on any atom is 0.263 e. The van der Waals surface area contributed by atoms with Crippen LogP contribution >= 0.6 is 0 Å². The Balaban J connectivity index is 1.76. The van der Waals surface area contributed by atoms with Gasteiger partial charge in [0.1, 0.15) is 6.61 Å². The van der Waals surface area contributed by atoms with Crippen molar-refractivity contribution < 1.29 is 9.47 Å². The molecule has 0 aliphatic heterocycles. The van der Waals surface area contributed by atoms with Gasteiger partial charge in [-0.2, -0.15) is 5.10 Å². The van der Waals surface area contributed by atoms with Gasteiger partial charge in [0.25, 0.3) is 5.95 Å². The molecule has 140 valence electrons. The van der Waals surface area contributed by atoms with Gasteiger partial charge in [-0.15, -0.1) is 10.2 Å². The van der Waals surface area contributed by atoms with Crippen molar-refractivity contribution in [2.24, 2.45) is 5.10 Å². The second-order valence-electron chi connectivity index (χ2n) is 5.69. The number of para-hydroxylation sites is 1. The van der Waals surface area contributed by atoms with Crippen molar-refractivity contribution in [1.29, 1.82) is 0 Å². The summed E-state index contributed by atoms with van der Waals surface area (Å²) in [7, 11) is 1.60.